The topological polar surface area (TPSA) is 66.9 Å². The maximum absolute atomic E-state index is 12.3. The van der Waals surface area contributed by atoms with Crippen LogP contribution < -0.4 is 16.4 Å². The Balaban J connectivity index is 1.93. The van der Waals surface area contributed by atoms with Gasteiger partial charge in [-0.05, 0) is 25.0 Å². The Bertz CT molecular complexity index is 804. The highest BCUT2D eigenvalue weighted by Gasteiger charge is 2.31. The fraction of sp³-hybridized carbons (Fsp3) is 0.333. The van der Waals surface area contributed by atoms with Gasteiger partial charge < -0.3 is 10.3 Å². The van der Waals surface area contributed by atoms with Gasteiger partial charge in [0, 0.05) is 18.1 Å². The lowest BCUT2D eigenvalue weighted by Crippen LogP contribution is -2.45. The second-order valence-electron chi connectivity index (χ2n) is 5.54. The van der Waals surface area contributed by atoms with E-state index in [-0.39, 0.29) is 6.04 Å². The first kappa shape index (κ1) is 11.7. The van der Waals surface area contributed by atoms with E-state index in [9.17, 15) is 9.59 Å². The second kappa shape index (κ2) is 4.18. The molecule has 5 nitrogen and oxygen atoms in total. The van der Waals surface area contributed by atoms with E-state index in [1.165, 1.54) is 0 Å². The zero-order chi connectivity index (χ0) is 13.7. The van der Waals surface area contributed by atoms with Crippen LogP contribution >= 0.6 is 0 Å². The van der Waals surface area contributed by atoms with Gasteiger partial charge in [-0.3, -0.25) is 14.2 Å². The fourth-order valence-corrected chi connectivity index (χ4v) is 3.39. The molecule has 2 bridgehead atoms. The first-order valence-electron chi connectivity index (χ1n) is 6.90. The number of fused-ring (bicyclic) bond motifs is 3. The van der Waals surface area contributed by atoms with Crippen molar-refractivity contribution < 1.29 is 0 Å². The number of hydrogen-bond acceptors (Lipinski definition) is 3. The summed E-state index contributed by atoms with van der Waals surface area (Å²) in [5.41, 5.74) is 0.539. The Hall–Kier alpha value is -2.14. The quantitative estimate of drug-likeness (QED) is 0.597. The van der Waals surface area contributed by atoms with Crippen LogP contribution in [-0.2, 0) is 0 Å². The summed E-state index contributed by atoms with van der Waals surface area (Å²) in [5.74, 6) is 0. The lowest BCUT2D eigenvalue weighted by Gasteiger charge is -2.31. The minimum absolute atomic E-state index is 0.0703. The number of aromatic nitrogens is 2. The number of H-pyrrole nitrogens is 1. The van der Waals surface area contributed by atoms with Crippen molar-refractivity contribution in [1.82, 2.24) is 14.9 Å². The summed E-state index contributed by atoms with van der Waals surface area (Å²) in [4.78, 5) is 26.8. The Morgan fingerprint density at radius 3 is 2.50 bits per heavy atom. The first-order chi connectivity index (χ1) is 9.72. The van der Waals surface area contributed by atoms with E-state index in [0.29, 0.717) is 12.1 Å². The molecule has 0 aliphatic carbocycles. The highest BCUT2D eigenvalue weighted by atomic mass is 16.2. The molecule has 1 saturated heterocycles. The zero-order valence-electron chi connectivity index (χ0n) is 10.9. The van der Waals surface area contributed by atoms with Gasteiger partial charge in [0.15, 0.2) is 0 Å². The molecule has 0 radical (unpaired) electrons. The van der Waals surface area contributed by atoms with Crippen molar-refractivity contribution in [2.45, 2.75) is 31.0 Å². The maximum atomic E-state index is 12.3. The van der Waals surface area contributed by atoms with Gasteiger partial charge in [-0.2, -0.15) is 0 Å². The molecule has 0 amide bonds. The van der Waals surface area contributed by atoms with E-state index in [1.807, 2.05) is 24.3 Å². The number of piperidine rings is 1. The predicted molar refractivity (Wildman–Crippen MR) is 77.0 cm³/mol. The fourth-order valence-electron chi connectivity index (χ4n) is 3.39. The molecule has 102 valence electrons. The van der Waals surface area contributed by atoms with Gasteiger partial charge in [-0.25, -0.2) is 0 Å². The van der Waals surface area contributed by atoms with Crippen LogP contribution in [0, 0.1) is 0 Å². The molecule has 2 unspecified atom stereocenters. The molecule has 0 spiro atoms. The average molecular weight is 269 g/mol. The first-order valence-corrected chi connectivity index (χ1v) is 6.90. The minimum Gasteiger partial charge on any atom is -0.316 e. The standard InChI is InChI=1S/C15H15N3O2/c19-14-15(20)18(13-4-2-1-3-12(13)17-14)11-7-9-5-6-10(8-11)16-9/h1-6,9-11,16H,7-8H2,(H,17,19). The summed E-state index contributed by atoms with van der Waals surface area (Å²) in [6.45, 7) is 0. The third-order valence-electron chi connectivity index (χ3n) is 4.25. The smallest absolute Gasteiger partial charge is 0.316 e. The van der Waals surface area contributed by atoms with Gasteiger partial charge in [0.05, 0.1) is 11.0 Å². The SMILES string of the molecule is O=c1[nH]c2ccccc2n(C2CC3C=CC(C2)N3)c1=O. The van der Waals surface area contributed by atoms with Crippen molar-refractivity contribution in [3.63, 3.8) is 0 Å². The van der Waals surface area contributed by atoms with E-state index in [2.05, 4.69) is 22.5 Å². The number of rotatable bonds is 1. The number of benzene rings is 1. The molecule has 2 aromatic rings. The van der Waals surface area contributed by atoms with Crippen molar-refractivity contribution in [3.8, 4) is 0 Å². The lowest BCUT2D eigenvalue weighted by atomic mass is 9.98. The molecule has 1 fully saturated rings. The van der Waals surface area contributed by atoms with Crippen LogP contribution in [0.1, 0.15) is 18.9 Å². The molecule has 4 rings (SSSR count). The third-order valence-corrected chi connectivity index (χ3v) is 4.25. The number of nitrogens with one attached hydrogen (secondary N) is 2. The molecule has 2 aliphatic rings. The molecule has 0 saturated carbocycles. The van der Waals surface area contributed by atoms with Crippen LogP contribution in [0.15, 0.2) is 46.0 Å². The Morgan fingerprint density at radius 1 is 1.05 bits per heavy atom. The number of hydrogen-bond donors (Lipinski definition) is 2. The highest BCUT2D eigenvalue weighted by molar-refractivity contribution is 5.74. The molecule has 3 heterocycles. The molecular formula is C15H15N3O2. The summed E-state index contributed by atoms with van der Waals surface area (Å²) < 4.78 is 1.68. The van der Waals surface area contributed by atoms with Gasteiger partial charge in [0.1, 0.15) is 0 Å². The Labute approximate surface area is 114 Å². The van der Waals surface area contributed by atoms with Crippen molar-refractivity contribution in [2.24, 2.45) is 0 Å². The van der Waals surface area contributed by atoms with Crippen LogP contribution in [-0.4, -0.2) is 21.6 Å². The highest BCUT2D eigenvalue weighted by Crippen LogP contribution is 2.30. The van der Waals surface area contributed by atoms with Crippen molar-refractivity contribution in [3.05, 3.63) is 57.1 Å². The van der Waals surface area contributed by atoms with E-state index in [0.717, 1.165) is 23.9 Å². The Kier molecular flexibility index (Phi) is 2.44. The van der Waals surface area contributed by atoms with E-state index >= 15 is 0 Å². The van der Waals surface area contributed by atoms with Crippen molar-refractivity contribution in [1.29, 1.82) is 0 Å². The summed E-state index contributed by atoms with van der Waals surface area (Å²) in [5, 5.41) is 3.46. The summed E-state index contributed by atoms with van der Waals surface area (Å²) in [7, 11) is 0. The van der Waals surface area contributed by atoms with Crippen molar-refractivity contribution >= 4 is 11.0 Å². The van der Waals surface area contributed by atoms with Gasteiger partial charge in [-0.15, -0.1) is 0 Å². The van der Waals surface area contributed by atoms with Crippen molar-refractivity contribution in [2.75, 3.05) is 0 Å². The number of para-hydroxylation sites is 2. The summed E-state index contributed by atoms with van der Waals surface area (Å²) in [6, 6.07) is 8.17. The molecule has 1 aromatic heterocycles. The average Bonchev–Trinajstić information content (AvgIpc) is 2.79. The predicted octanol–water partition coefficient (Wildman–Crippen LogP) is 0.921. The number of aromatic amines is 1. The van der Waals surface area contributed by atoms with Crippen LogP contribution in [0.2, 0.25) is 0 Å². The van der Waals surface area contributed by atoms with E-state index in [4.69, 9.17) is 0 Å². The van der Waals surface area contributed by atoms with Crippen LogP contribution in [0.3, 0.4) is 0 Å². The van der Waals surface area contributed by atoms with Gasteiger partial charge in [-0.1, -0.05) is 24.3 Å². The van der Waals surface area contributed by atoms with Crippen LogP contribution in [0.25, 0.3) is 11.0 Å². The number of nitrogens with zero attached hydrogens (tertiary/aromatic N) is 1. The molecule has 20 heavy (non-hydrogen) atoms. The van der Waals surface area contributed by atoms with E-state index in [1.54, 1.807) is 4.57 Å². The third kappa shape index (κ3) is 1.67. The van der Waals surface area contributed by atoms with E-state index < -0.39 is 11.1 Å². The van der Waals surface area contributed by atoms with Gasteiger partial charge in [0.25, 0.3) is 0 Å². The van der Waals surface area contributed by atoms with Crippen LogP contribution in [0.5, 0.6) is 0 Å². The summed E-state index contributed by atoms with van der Waals surface area (Å²) in [6.07, 6.45) is 6.01. The molecular weight excluding hydrogens is 254 g/mol. The normalized spacial score (nSPS) is 28.1. The van der Waals surface area contributed by atoms with Gasteiger partial charge in [0.2, 0.25) is 0 Å². The maximum Gasteiger partial charge on any atom is 0.316 e. The lowest BCUT2D eigenvalue weighted by molar-refractivity contribution is 0.312. The Morgan fingerprint density at radius 2 is 1.75 bits per heavy atom. The molecule has 2 aliphatic heterocycles. The van der Waals surface area contributed by atoms with Crippen LogP contribution in [0.4, 0.5) is 0 Å². The largest absolute Gasteiger partial charge is 0.316 e. The van der Waals surface area contributed by atoms with Gasteiger partial charge >= 0.3 is 11.1 Å². The monoisotopic (exact) mass is 269 g/mol. The molecule has 2 atom stereocenters. The summed E-state index contributed by atoms with van der Waals surface area (Å²) >= 11 is 0. The zero-order valence-corrected chi connectivity index (χ0v) is 10.9. The molecule has 1 aromatic carbocycles. The second-order valence-corrected chi connectivity index (χ2v) is 5.54. The molecule has 5 heteroatoms. The minimum atomic E-state index is -0.539. The molecule has 2 N–H and O–H groups in total.